The van der Waals surface area contributed by atoms with Crippen LogP contribution in [0.2, 0.25) is 0 Å². The average molecular weight is 439 g/mol. The highest BCUT2D eigenvalue weighted by molar-refractivity contribution is 7.99. The van der Waals surface area contributed by atoms with Crippen molar-refractivity contribution in [1.82, 2.24) is 15.2 Å². The number of benzene rings is 2. The number of phenols is 2. The fourth-order valence-electron chi connectivity index (χ4n) is 3.43. The number of rotatable bonds is 8. The molecule has 2 aromatic carbocycles. The topological polar surface area (TPSA) is 100 Å². The Bertz CT molecular complexity index is 1050. The molecule has 8 heteroatoms. The summed E-state index contributed by atoms with van der Waals surface area (Å²) in [4.78, 5) is 4.64. The smallest absolute Gasteiger partial charge is 0.247 e. The van der Waals surface area contributed by atoms with Crippen LogP contribution in [0.1, 0.15) is 50.8 Å². The van der Waals surface area contributed by atoms with E-state index in [9.17, 15) is 10.2 Å². The van der Waals surface area contributed by atoms with Gasteiger partial charge < -0.3 is 20.3 Å². The van der Waals surface area contributed by atoms with Gasteiger partial charge in [0.15, 0.2) is 23.4 Å². The fraction of sp³-hybridized carbons (Fsp3) is 0.348. The molecule has 31 heavy (non-hydrogen) atoms. The molecule has 1 atom stereocenters. The van der Waals surface area contributed by atoms with E-state index in [-0.39, 0.29) is 11.5 Å². The summed E-state index contributed by atoms with van der Waals surface area (Å²) in [5.41, 5.74) is 2.90. The Balaban J connectivity index is 1.59. The minimum atomic E-state index is -0.613. The number of aromatic hydroxyl groups is 2. The van der Waals surface area contributed by atoms with Crippen molar-refractivity contribution in [2.75, 3.05) is 11.1 Å². The van der Waals surface area contributed by atoms with Crippen LogP contribution in [0, 0.1) is 0 Å². The van der Waals surface area contributed by atoms with E-state index in [0.717, 1.165) is 23.4 Å². The molecule has 1 aliphatic rings. The van der Waals surface area contributed by atoms with Gasteiger partial charge in [0.2, 0.25) is 11.0 Å². The van der Waals surface area contributed by atoms with Gasteiger partial charge in [-0.25, -0.2) is 0 Å². The number of hydrogen-bond donors (Lipinski definition) is 3. The SMILES string of the molecule is CCCCCCCSc1nnc2c(n1)OC(c1ccc(O)c(O)c1)Nc1ccccc1-2. The van der Waals surface area contributed by atoms with Gasteiger partial charge in [0, 0.05) is 22.6 Å². The Kier molecular flexibility index (Phi) is 6.76. The molecule has 1 aromatic heterocycles. The third-order valence-corrected chi connectivity index (χ3v) is 6.04. The Morgan fingerprint density at radius 2 is 1.84 bits per heavy atom. The predicted molar refractivity (Wildman–Crippen MR) is 122 cm³/mol. The normalized spacial score (nSPS) is 14.7. The van der Waals surface area contributed by atoms with Crippen LogP contribution < -0.4 is 10.1 Å². The third kappa shape index (κ3) is 5.02. The summed E-state index contributed by atoms with van der Waals surface area (Å²) in [6.45, 7) is 2.21. The van der Waals surface area contributed by atoms with Gasteiger partial charge >= 0.3 is 0 Å². The Hall–Kier alpha value is -3.00. The van der Waals surface area contributed by atoms with E-state index < -0.39 is 6.23 Å². The van der Waals surface area contributed by atoms with Gasteiger partial charge in [-0.15, -0.1) is 10.2 Å². The van der Waals surface area contributed by atoms with Crippen molar-refractivity contribution < 1.29 is 14.9 Å². The second-order valence-corrected chi connectivity index (χ2v) is 8.51. The van der Waals surface area contributed by atoms with Crippen LogP contribution in [0.5, 0.6) is 17.4 Å². The maximum Gasteiger partial charge on any atom is 0.247 e. The highest BCUT2D eigenvalue weighted by Crippen LogP contribution is 2.40. The van der Waals surface area contributed by atoms with Crippen molar-refractivity contribution in [3.63, 3.8) is 0 Å². The van der Waals surface area contributed by atoms with Crippen molar-refractivity contribution in [3.8, 4) is 28.6 Å². The molecule has 7 nitrogen and oxygen atoms in total. The largest absolute Gasteiger partial charge is 0.504 e. The summed E-state index contributed by atoms with van der Waals surface area (Å²) in [6, 6.07) is 12.3. The number of para-hydroxylation sites is 1. The molecular weight excluding hydrogens is 412 g/mol. The van der Waals surface area contributed by atoms with Crippen molar-refractivity contribution >= 4 is 17.4 Å². The maximum absolute atomic E-state index is 9.94. The first-order chi connectivity index (χ1) is 15.2. The molecule has 3 aromatic rings. The minimum Gasteiger partial charge on any atom is -0.504 e. The lowest BCUT2D eigenvalue weighted by Crippen LogP contribution is -2.17. The number of fused-ring (bicyclic) bond motifs is 3. The number of thioether (sulfide) groups is 1. The zero-order chi connectivity index (χ0) is 21.6. The molecule has 0 aliphatic carbocycles. The quantitative estimate of drug-likeness (QED) is 0.240. The number of nitrogens with zero attached hydrogens (tertiary/aromatic N) is 3. The van der Waals surface area contributed by atoms with Crippen molar-refractivity contribution in [2.24, 2.45) is 0 Å². The zero-order valence-electron chi connectivity index (χ0n) is 17.4. The second-order valence-electron chi connectivity index (χ2n) is 7.45. The monoisotopic (exact) mass is 438 g/mol. The van der Waals surface area contributed by atoms with E-state index in [1.54, 1.807) is 17.8 Å². The van der Waals surface area contributed by atoms with Gasteiger partial charge in [0.25, 0.3) is 0 Å². The van der Waals surface area contributed by atoms with E-state index in [1.165, 1.54) is 37.8 Å². The van der Waals surface area contributed by atoms with Crippen LogP contribution in [0.4, 0.5) is 5.69 Å². The number of unbranched alkanes of at least 4 members (excludes halogenated alkanes) is 4. The molecule has 0 radical (unpaired) electrons. The van der Waals surface area contributed by atoms with E-state index in [2.05, 4.69) is 27.4 Å². The molecule has 0 bridgehead atoms. The summed E-state index contributed by atoms with van der Waals surface area (Å²) in [7, 11) is 0. The molecule has 0 amide bonds. The second kappa shape index (κ2) is 9.87. The number of phenolic OH excluding ortho intramolecular Hbond substituents is 2. The Labute approximate surface area is 185 Å². The number of aromatic nitrogens is 3. The van der Waals surface area contributed by atoms with Gasteiger partial charge in [0.1, 0.15) is 0 Å². The Morgan fingerprint density at radius 1 is 1.00 bits per heavy atom. The van der Waals surface area contributed by atoms with Gasteiger partial charge in [-0.05, 0) is 30.7 Å². The zero-order valence-corrected chi connectivity index (χ0v) is 18.2. The summed E-state index contributed by atoms with van der Waals surface area (Å²) in [5, 5.41) is 32.2. The van der Waals surface area contributed by atoms with Gasteiger partial charge in [-0.1, -0.05) is 62.6 Å². The predicted octanol–water partition coefficient (Wildman–Crippen LogP) is 5.52. The molecule has 162 valence electrons. The molecule has 0 spiro atoms. The average Bonchev–Trinajstić information content (AvgIpc) is 2.94. The lowest BCUT2D eigenvalue weighted by atomic mass is 10.1. The van der Waals surface area contributed by atoms with E-state index in [4.69, 9.17) is 4.74 Å². The summed E-state index contributed by atoms with van der Waals surface area (Å²) in [5.74, 6) is 0.938. The molecule has 2 heterocycles. The van der Waals surface area contributed by atoms with Crippen LogP contribution in [-0.2, 0) is 0 Å². The minimum absolute atomic E-state index is 0.181. The number of ether oxygens (including phenoxy) is 1. The lowest BCUT2D eigenvalue weighted by molar-refractivity contribution is 0.224. The third-order valence-electron chi connectivity index (χ3n) is 5.11. The first-order valence-corrected chi connectivity index (χ1v) is 11.6. The maximum atomic E-state index is 9.94. The van der Waals surface area contributed by atoms with Gasteiger partial charge in [0.05, 0.1) is 0 Å². The van der Waals surface area contributed by atoms with E-state index in [1.807, 2.05) is 24.3 Å². The fourth-order valence-corrected chi connectivity index (χ4v) is 4.21. The van der Waals surface area contributed by atoms with Crippen LogP contribution in [-0.4, -0.2) is 31.1 Å². The first-order valence-electron chi connectivity index (χ1n) is 10.6. The molecule has 0 saturated carbocycles. The molecule has 0 saturated heterocycles. The van der Waals surface area contributed by atoms with Gasteiger partial charge in [-0.2, -0.15) is 4.98 Å². The summed E-state index contributed by atoms with van der Waals surface area (Å²) < 4.78 is 6.19. The van der Waals surface area contributed by atoms with Crippen LogP contribution >= 0.6 is 11.8 Å². The van der Waals surface area contributed by atoms with Crippen LogP contribution in [0.25, 0.3) is 11.3 Å². The van der Waals surface area contributed by atoms with Crippen molar-refractivity contribution in [2.45, 2.75) is 50.4 Å². The highest BCUT2D eigenvalue weighted by atomic mass is 32.2. The molecule has 3 N–H and O–H groups in total. The van der Waals surface area contributed by atoms with E-state index >= 15 is 0 Å². The first kappa shape index (κ1) is 21.2. The van der Waals surface area contributed by atoms with E-state index in [0.29, 0.717) is 22.3 Å². The standard InChI is InChI=1S/C23H26N4O3S/c1-2-3-4-5-8-13-31-23-25-22-20(26-27-23)16-9-6-7-10-17(16)24-21(30-22)15-11-12-18(28)19(29)14-15/h6-7,9-12,14,21,24,28-29H,2-5,8,13H2,1H3. The van der Waals surface area contributed by atoms with Crippen LogP contribution in [0.15, 0.2) is 47.6 Å². The number of nitrogens with one attached hydrogen (secondary N) is 1. The number of hydrogen-bond acceptors (Lipinski definition) is 8. The molecule has 1 aliphatic heterocycles. The Morgan fingerprint density at radius 3 is 2.68 bits per heavy atom. The summed E-state index contributed by atoms with van der Waals surface area (Å²) >= 11 is 1.58. The summed E-state index contributed by atoms with van der Waals surface area (Å²) in [6.07, 6.45) is 5.48. The lowest BCUT2D eigenvalue weighted by Gasteiger charge is -2.19. The molecule has 0 fully saturated rings. The number of anilines is 1. The molecular formula is C23H26N4O3S. The van der Waals surface area contributed by atoms with Gasteiger partial charge in [-0.3, -0.25) is 0 Å². The van der Waals surface area contributed by atoms with Crippen molar-refractivity contribution in [3.05, 3.63) is 48.0 Å². The highest BCUT2D eigenvalue weighted by Gasteiger charge is 2.26. The molecule has 4 rings (SSSR count). The molecule has 1 unspecified atom stereocenters. The van der Waals surface area contributed by atoms with Crippen molar-refractivity contribution in [1.29, 1.82) is 0 Å². The van der Waals surface area contributed by atoms with Crippen LogP contribution in [0.3, 0.4) is 0 Å².